The second-order valence-electron chi connectivity index (χ2n) is 6.11. The number of rotatable bonds is 9. The molecule has 0 aliphatic heterocycles. The zero-order chi connectivity index (χ0) is 19.2. The lowest BCUT2D eigenvalue weighted by molar-refractivity contribution is 0.0938. The van der Waals surface area contributed by atoms with Crippen LogP contribution in [0, 0.1) is 0 Å². The van der Waals surface area contributed by atoms with E-state index in [1.54, 1.807) is 32.2 Å². The minimum absolute atomic E-state index is 0.0216. The molecule has 0 saturated heterocycles. The van der Waals surface area contributed by atoms with Crippen LogP contribution in [0.1, 0.15) is 43.3 Å². The van der Waals surface area contributed by atoms with E-state index >= 15 is 0 Å². The molecule has 1 heterocycles. The van der Waals surface area contributed by atoms with Gasteiger partial charge in [0.15, 0.2) is 0 Å². The normalized spacial score (nSPS) is 12.9. The van der Waals surface area contributed by atoms with Crippen LogP contribution >= 0.6 is 0 Å². The van der Waals surface area contributed by atoms with E-state index in [1.807, 2.05) is 19.1 Å². The van der Waals surface area contributed by atoms with Crippen molar-refractivity contribution in [1.29, 1.82) is 0 Å². The molecule has 142 valence electrons. The summed E-state index contributed by atoms with van der Waals surface area (Å²) in [6.45, 7) is 6.35. The summed E-state index contributed by atoms with van der Waals surface area (Å²) in [6, 6.07) is 9.78. The van der Waals surface area contributed by atoms with Crippen molar-refractivity contribution >= 4 is 15.9 Å². The molecule has 1 aromatic carbocycles. The molecule has 0 radical (unpaired) electrons. The number of nitrogens with one attached hydrogen (secondary N) is 1. The van der Waals surface area contributed by atoms with Gasteiger partial charge in [0.1, 0.15) is 5.76 Å². The topological polar surface area (TPSA) is 79.6 Å². The number of aryl methyl sites for hydroxylation is 1. The van der Waals surface area contributed by atoms with Gasteiger partial charge in [-0.2, -0.15) is 4.31 Å². The largest absolute Gasteiger partial charge is 0.469 e. The van der Waals surface area contributed by atoms with Crippen LogP contribution in [-0.2, 0) is 16.4 Å². The standard InChI is InChI=1S/C19H26N2O4S/c1-4-21(5-2)26(23,24)18-12-9-16(10-13-18)19(22)20-15(3)8-11-17-7-6-14-25-17/h6-7,9-10,12-15H,4-5,8,11H2,1-3H3,(H,20,22). The Hall–Kier alpha value is -2.12. The minimum atomic E-state index is -3.51. The van der Waals surface area contributed by atoms with Gasteiger partial charge in [0.25, 0.3) is 5.91 Å². The van der Waals surface area contributed by atoms with Gasteiger partial charge in [0.2, 0.25) is 10.0 Å². The fourth-order valence-corrected chi connectivity index (χ4v) is 4.14. The summed E-state index contributed by atoms with van der Waals surface area (Å²) in [5.41, 5.74) is 0.438. The zero-order valence-electron chi connectivity index (χ0n) is 15.4. The van der Waals surface area contributed by atoms with Crippen molar-refractivity contribution < 1.29 is 17.6 Å². The van der Waals surface area contributed by atoms with Crippen molar-refractivity contribution in [3.05, 3.63) is 54.0 Å². The summed E-state index contributed by atoms with van der Waals surface area (Å²) in [5, 5.41) is 2.92. The van der Waals surface area contributed by atoms with Gasteiger partial charge in [-0.05, 0) is 49.7 Å². The van der Waals surface area contributed by atoms with Crippen LogP contribution < -0.4 is 5.32 Å². The Morgan fingerprint density at radius 1 is 1.15 bits per heavy atom. The number of benzene rings is 1. The number of nitrogens with zero attached hydrogens (tertiary/aromatic N) is 1. The minimum Gasteiger partial charge on any atom is -0.469 e. The summed E-state index contributed by atoms with van der Waals surface area (Å²) < 4.78 is 31.6. The van der Waals surface area contributed by atoms with Crippen LogP contribution in [0.5, 0.6) is 0 Å². The molecule has 26 heavy (non-hydrogen) atoms. The number of furan rings is 1. The van der Waals surface area contributed by atoms with Crippen molar-refractivity contribution in [3.8, 4) is 0 Å². The zero-order valence-corrected chi connectivity index (χ0v) is 16.3. The van der Waals surface area contributed by atoms with E-state index in [0.717, 1.165) is 18.6 Å². The SMILES string of the molecule is CCN(CC)S(=O)(=O)c1ccc(C(=O)NC(C)CCc2ccco2)cc1. The quantitative estimate of drug-likeness (QED) is 0.727. The van der Waals surface area contributed by atoms with Crippen LogP contribution in [0.15, 0.2) is 52.0 Å². The fourth-order valence-electron chi connectivity index (χ4n) is 2.68. The second-order valence-corrected chi connectivity index (χ2v) is 8.04. The predicted molar refractivity (Wildman–Crippen MR) is 101 cm³/mol. The molecule has 0 saturated carbocycles. The van der Waals surface area contributed by atoms with Gasteiger partial charge in [-0.25, -0.2) is 8.42 Å². The summed E-state index contributed by atoms with van der Waals surface area (Å²) in [7, 11) is -3.51. The lowest BCUT2D eigenvalue weighted by Crippen LogP contribution is -2.33. The molecule has 2 rings (SSSR count). The number of sulfonamides is 1. The van der Waals surface area contributed by atoms with Crippen LogP contribution in [0.25, 0.3) is 0 Å². The molecule has 0 aliphatic rings. The highest BCUT2D eigenvalue weighted by atomic mass is 32.2. The monoisotopic (exact) mass is 378 g/mol. The van der Waals surface area contributed by atoms with Crippen LogP contribution in [-0.4, -0.2) is 37.8 Å². The van der Waals surface area contributed by atoms with Gasteiger partial charge < -0.3 is 9.73 Å². The van der Waals surface area contributed by atoms with Crippen LogP contribution in [0.2, 0.25) is 0 Å². The molecule has 7 heteroatoms. The van der Waals surface area contributed by atoms with E-state index in [4.69, 9.17) is 4.42 Å². The number of carbonyl (C=O) groups excluding carboxylic acids is 1. The molecule has 0 aliphatic carbocycles. The Morgan fingerprint density at radius 2 is 1.81 bits per heavy atom. The lowest BCUT2D eigenvalue weighted by atomic mass is 10.1. The Bertz CT molecular complexity index is 795. The van der Waals surface area contributed by atoms with Gasteiger partial charge in [-0.15, -0.1) is 0 Å². The van der Waals surface area contributed by atoms with Gasteiger partial charge in [0, 0.05) is 31.1 Å². The molecule has 0 fully saturated rings. The number of hydrogen-bond donors (Lipinski definition) is 1. The smallest absolute Gasteiger partial charge is 0.251 e. The third-order valence-corrected chi connectivity index (χ3v) is 6.31. The van der Waals surface area contributed by atoms with E-state index in [2.05, 4.69) is 5.32 Å². The Morgan fingerprint density at radius 3 is 2.35 bits per heavy atom. The molecule has 0 bridgehead atoms. The summed E-state index contributed by atoms with van der Waals surface area (Å²) in [5.74, 6) is 0.667. The number of amides is 1. The van der Waals surface area contributed by atoms with Crippen molar-refractivity contribution in [3.63, 3.8) is 0 Å². The highest BCUT2D eigenvalue weighted by Crippen LogP contribution is 2.16. The Kier molecular flexibility index (Phi) is 6.99. The third kappa shape index (κ3) is 4.95. The van der Waals surface area contributed by atoms with E-state index in [0.29, 0.717) is 18.7 Å². The average molecular weight is 378 g/mol. The number of carbonyl (C=O) groups is 1. The van der Waals surface area contributed by atoms with Gasteiger partial charge >= 0.3 is 0 Å². The van der Waals surface area contributed by atoms with Crippen molar-refractivity contribution in [1.82, 2.24) is 9.62 Å². The highest BCUT2D eigenvalue weighted by Gasteiger charge is 2.21. The van der Waals surface area contributed by atoms with E-state index < -0.39 is 10.0 Å². The second kappa shape index (κ2) is 9.00. The van der Waals surface area contributed by atoms with Gasteiger partial charge in [-0.3, -0.25) is 4.79 Å². The number of hydrogen-bond acceptors (Lipinski definition) is 4. The van der Waals surface area contributed by atoms with Crippen molar-refractivity contribution in [2.75, 3.05) is 13.1 Å². The molecular weight excluding hydrogens is 352 g/mol. The average Bonchev–Trinajstić information content (AvgIpc) is 3.14. The molecule has 1 atom stereocenters. The molecule has 1 N–H and O–H groups in total. The summed E-state index contributed by atoms with van der Waals surface area (Å²) >= 11 is 0. The maximum absolute atomic E-state index is 12.5. The van der Waals surface area contributed by atoms with Crippen molar-refractivity contribution in [2.24, 2.45) is 0 Å². The molecular formula is C19H26N2O4S. The molecule has 1 aromatic heterocycles. The molecule has 1 amide bonds. The fraction of sp³-hybridized carbons (Fsp3) is 0.421. The lowest BCUT2D eigenvalue weighted by Gasteiger charge is -2.18. The Balaban J connectivity index is 1.97. The van der Waals surface area contributed by atoms with Crippen molar-refractivity contribution in [2.45, 2.75) is 44.6 Å². The van der Waals surface area contributed by atoms with Gasteiger partial charge in [-0.1, -0.05) is 13.8 Å². The molecule has 6 nitrogen and oxygen atoms in total. The maximum Gasteiger partial charge on any atom is 0.251 e. The maximum atomic E-state index is 12.5. The van der Waals surface area contributed by atoms with Gasteiger partial charge in [0.05, 0.1) is 11.2 Å². The first-order valence-electron chi connectivity index (χ1n) is 8.82. The molecule has 0 spiro atoms. The van der Waals surface area contributed by atoms with E-state index in [9.17, 15) is 13.2 Å². The first-order chi connectivity index (χ1) is 12.4. The molecule has 1 unspecified atom stereocenters. The first-order valence-corrected chi connectivity index (χ1v) is 10.3. The molecule has 2 aromatic rings. The first kappa shape index (κ1) is 20.2. The predicted octanol–water partition coefficient (Wildman–Crippen LogP) is 3.06. The van der Waals surface area contributed by atoms with Crippen LogP contribution in [0.4, 0.5) is 0 Å². The van der Waals surface area contributed by atoms with E-state index in [-0.39, 0.29) is 16.8 Å². The highest BCUT2D eigenvalue weighted by molar-refractivity contribution is 7.89. The van der Waals surface area contributed by atoms with Crippen LogP contribution in [0.3, 0.4) is 0 Å². The Labute approximate surface area is 155 Å². The summed E-state index contributed by atoms with van der Waals surface area (Å²) in [6.07, 6.45) is 3.13. The summed E-state index contributed by atoms with van der Waals surface area (Å²) in [4.78, 5) is 12.5. The third-order valence-electron chi connectivity index (χ3n) is 4.24. The van der Waals surface area contributed by atoms with E-state index in [1.165, 1.54) is 16.4 Å².